The van der Waals surface area contributed by atoms with E-state index in [9.17, 15) is 8.78 Å². The van der Waals surface area contributed by atoms with Gasteiger partial charge in [-0.05, 0) is 30.3 Å². The van der Waals surface area contributed by atoms with E-state index >= 15 is 0 Å². The summed E-state index contributed by atoms with van der Waals surface area (Å²) in [6.45, 7) is -0.0441. The Labute approximate surface area is 120 Å². The topological polar surface area (TPSA) is 35.2 Å². The van der Waals surface area contributed by atoms with Gasteiger partial charge in [0.2, 0.25) is 0 Å². The van der Waals surface area contributed by atoms with E-state index in [1.165, 1.54) is 0 Å². The molecule has 0 spiro atoms. The van der Waals surface area contributed by atoms with Crippen LogP contribution in [0, 0.1) is 11.6 Å². The Balaban J connectivity index is 1.92. The minimum Gasteiger partial charge on any atom is -0.488 e. The molecular weight excluding hydrogens is 272 g/mol. The van der Waals surface area contributed by atoms with Gasteiger partial charge in [-0.2, -0.15) is 0 Å². The zero-order valence-electron chi connectivity index (χ0n) is 11.1. The molecule has 0 aliphatic carbocycles. The molecule has 0 saturated heterocycles. The average molecular weight is 285 g/mol. The van der Waals surface area contributed by atoms with E-state index in [2.05, 4.69) is 0 Å². The van der Waals surface area contributed by atoms with Gasteiger partial charge in [-0.3, -0.25) is 0 Å². The number of hydrogen-bond acceptors (Lipinski definition) is 2. The van der Waals surface area contributed by atoms with E-state index in [0.29, 0.717) is 11.4 Å². The number of halogens is 2. The van der Waals surface area contributed by atoms with Gasteiger partial charge in [0.05, 0.1) is 0 Å². The maximum atomic E-state index is 13.6. The molecular formula is C17H13F2NO. The Bertz CT molecular complexity index is 802. The molecule has 0 radical (unpaired) electrons. The van der Waals surface area contributed by atoms with Crippen molar-refractivity contribution in [2.75, 3.05) is 5.73 Å². The van der Waals surface area contributed by atoms with Crippen LogP contribution < -0.4 is 10.5 Å². The van der Waals surface area contributed by atoms with Crippen LogP contribution in [0.3, 0.4) is 0 Å². The lowest BCUT2D eigenvalue weighted by Crippen LogP contribution is -2.00. The van der Waals surface area contributed by atoms with Crippen molar-refractivity contribution in [3.63, 3.8) is 0 Å². The van der Waals surface area contributed by atoms with Crippen LogP contribution in [0.25, 0.3) is 10.8 Å². The van der Waals surface area contributed by atoms with Crippen molar-refractivity contribution in [2.24, 2.45) is 0 Å². The van der Waals surface area contributed by atoms with Crippen LogP contribution in [0.4, 0.5) is 14.5 Å². The first kappa shape index (κ1) is 13.4. The van der Waals surface area contributed by atoms with Crippen molar-refractivity contribution < 1.29 is 13.5 Å². The number of nitrogen functional groups attached to an aromatic ring is 1. The summed E-state index contributed by atoms with van der Waals surface area (Å²) in [4.78, 5) is 0. The SMILES string of the molecule is Nc1ccc(OCc2cc(F)ccc2F)c2ccccc12. The maximum absolute atomic E-state index is 13.6. The summed E-state index contributed by atoms with van der Waals surface area (Å²) in [5.74, 6) is -0.392. The molecule has 0 aromatic heterocycles. The molecule has 21 heavy (non-hydrogen) atoms. The summed E-state index contributed by atoms with van der Waals surface area (Å²) in [5, 5.41) is 1.71. The Morgan fingerprint density at radius 3 is 2.48 bits per heavy atom. The molecule has 3 aromatic rings. The van der Waals surface area contributed by atoms with Crippen molar-refractivity contribution in [3.8, 4) is 5.75 Å². The fourth-order valence-electron chi connectivity index (χ4n) is 2.23. The second kappa shape index (κ2) is 5.40. The molecule has 0 aliphatic heterocycles. The van der Waals surface area contributed by atoms with E-state index in [1.807, 2.05) is 24.3 Å². The number of ether oxygens (including phenoxy) is 1. The van der Waals surface area contributed by atoms with Crippen LogP contribution in [0.5, 0.6) is 5.75 Å². The number of rotatable bonds is 3. The first-order valence-corrected chi connectivity index (χ1v) is 6.49. The third-order valence-corrected chi connectivity index (χ3v) is 3.31. The lowest BCUT2D eigenvalue weighted by molar-refractivity contribution is 0.302. The maximum Gasteiger partial charge on any atom is 0.130 e. The van der Waals surface area contributed by atoms with Gasteiger partial charge in [-0.15, -0.1) is 0 Å². The lowest BCUT2D eigenvalue weighted by atomic mass is 10.1. The first-order valence-electron chi connectivity index (χ1n) is 6.49. The molecule has 4 heteroatoms. The highest BCUT2D eigenvalue weighted by atomic mass is 19.1. The van der Waals surface area contributed by atoms with Gasteiger partial charge in [0.15, 0.2) is 0 Å². The summed E-state index contributed by atoms with van der Waals surface area (Å²) in [6, 6.07) is 14.3. The summed E-state index contributed by atoms with van der Waals surface area (Å²) in [5.41, 5.74) is 6.74. The van der Waals surface area contributed by atoms with Crippen LogP contribution in [0.15, 0.2) is 54.6 Å². The molecule has 0 bridgehead atoms. The van der Waals surface area contributed by atoms with Crippen molar-refractivity contribution in [2.45, 2.75) is 6.61 Å². The third-order valence-electron chi connectivity index (χ3n) is 3.31. The fraction of sp³-hybridized carbons (Fsp3) is 0.0588. The number of fused-ring (bicyclic) bond motifs is 1. The van der Waals surface area contributed by atoms with Crippen LogP contribution >= 0.6 is 0 Å². The number of benzene rings is 3. The lowest BCUT2D eigenvalue weighted by Gasteiger charge is -2.11. The quantitative estimate of drug-likeness (QED) is 0.729. The Morgan fingerprint density at radius 2 is 1.67 bits per heavy atom. The molecule has 0 amide bonds. The average Bonchev–Trinajstić information content (AvgIpc) is 2.50. The zero-order chi connectivity index (χ0) is 14.8. The first-order chi connectivity index (χ1) is 10.1. The second-order valence-electron chi connectivity index (χ2n) is 4.72. The minimum atomic E-state index is -0.490. The monoisotopic (exact) mass is 285 g/mol. The van der Waals surface area contributed by atoms with Gasteiger partial charge in [0.1, 0.15) is 24.0 Å². The molecule has 0 heterocycles. The predicted molar refractivity (Wildman–Crippen MR) is 79.1 cm³/mol. The fourth-order valence-corrected chi connectivity index (χ4v) is 2.23. The molecule has 106 valence electrons. The molecule has 3 rings (SSSR count). The molecule has 2 N–H and O–H groups in total. The van der Waals surface area contributed by atoms with Gasteiger partial charge in [0, 0.05) is 22.0 Å². The highest BCUT2D eigenvalue weighted by Crippen LogP contribution is 2.30. The smallest absolute Gasteiger partial charge is 0.130 e. The summed E-state index contributed by atoms with van der Waals surface area (Å²) >= 11 is 0. The summed E-state index contributed by atoms with van der Waals surface area (Å²) in [6.07, 6.45) is 0. The number of nitrogens with two attached hydrogens (primary N) is 1. The van der Waals surface area contributed by atoms with Gasteiger partial charge in [-0.1, -0.05) is 24.3 Å². The second-order valence-corrected chi connectivity index (χ2v) is 4.72. The predicted octanol–water partition coefficient (Wildman–Crippen LogP) is 4.28. The molecule has 0 aliphatic rings. The van der Waals surface area contributed by atoms with Gasteiger partial charge in [0.25, 0.3) is 0 Å². The van der Waals surface area contributed by atoms with Crippen molar-refractivity contribution >= 4 is 16.5 Å². The van der Waals surface area contributed by atoms with E-state index in [-0.39, 0.29) is 12.2 Å². The highest BCUT2D eigenvalue weighted by molar-refractivity contribution is 5.96. The largest absolute Gasteiger partial charge is 0.488 e. The third kappa shape index (κ3) is 2.65. The summed E-state index contributed by atoms with van der Waals surface area (Å²) in [7, 11) is 0. The normalized spacial score (nSPS) is 10.8. The highest BCUT2D eigenvalue weighted by Gasteiger charge is 2.08. The Kier molecular flexibility index (Phi) is 3.44. The van der Waals surface area contributed by atoms with E-state index in [0.717, 1.165) is 29.0 Å². The van der Waals surface area contributed by atoms with Crippen molar-refractivity contribution in [3.05, 3.63) is 71.8 Å². The molecule has 0 saturated carbocycles. The van der Waals surface area contributed by atoms with Gasteiger partial charge >= 0.3 is 0 Å². The van der Waals surface area contributed by atoms with Gasteiger partial charge in [-0.25, -0.2) is 8.78 Å². The molecule has 0 fully saturated rings. The zero-order valence-corrected chi connectivity index (χ0v) is 11.1. The van der Waals surface area contributed by atoms with Crippen LogP contribution in [0.1, 0.15) is 5.56 Å². The molecule has 2 nitrogen and oxygen atoms in total. The Morgan fingerprint density at radius 1 is 0.905 bits per heavy atom. The summed E-state index contributed by atoms with van der Waals surface area (Å²) < 4.78 is 32.4. The van der Waals surface area contributed by atoms with E-state index in [4.69, 9.17) is 10.5 Å². The molecule has 0 atom stereocenters. The van der Waals surface area contributed by atoms with Crippen LogP contribution in [-0.4, -0.2) is 0 Å². The van der Waals surface area contributed by atoms with Crippen LogP contribution in [0.2, 0.25) is 0 Å². The standard InChI is InChI=1S/C17H13F2NO/c18-12-5-6-15(19)11(9-12)10-21-17-8-7-16(20)13-3-1-2-4-14(13)17/h1-9H,10,20H2. The number of anilines is 1. The van der Waals surface area contributed by atoms with Crippen LogP contribution in [-0.2, 0) is 6.61 Å². The van der Waals surface area contributed by atoms with Gasteiger partial charge < -0.3 is 10.5 Å². The Hall–Kier alpha value is -2.62. The minimum absolute atomic E-state index is 0.0441. The molecule has 0 unspecified atom stereocenters. The number of hydrogen-bond donors (Lipinski definition) is 1. The van der Waals surface area contributed by atoms with E-state index in [1.54, 1.807) is 12.1 Å². The van der Waals surface area contributed by atoms with E-state index < -0.39 is 11.6 Å². The van der Waals surface area contributed by atoms with Crippen molar-refractivity contribution in [1.82, 2.24) is 0 Å². The van der Waals surface area contributed by atoms with Crippen molar-refractivity contribution in [1.29, 1.82) is 0 Å². The molecule has 3 aromatic carbocycles.